The second-order valence-electron chi connectivity index (χ2n) is 7.12. The Labute approximate surface area is 166 Å². The van der Waals surface area contributed by atoms with Gasteiger partial charge >= 0.3 is 18.0 Å². The van der Waals surface area contributed by atoms with Gasteiger partial charge in [0.2, 0.25) is 0 Å². The van der Waals surface area contributed by atoms with Crippen LogP contribution < -0.4 is 15.4 Å². The predicted molar refractivity (Wildman–Crippen MR) is 101 cm³/mol. The Bertz CT molecular complexity index is 871. The van der Waals surface area contributed by atoms with Gasteiger partial charge in [0.1, 0.15) is 5.75 Å². The standard InChI is InChI=1S/C21H21F3N2O3/c1-13-10-17(13)18(14-6-3-2-4-7-14)26-20(28)19(27)25-15-8-5-9-16(11-15)29-12-21(22,23)24/h2-9,11,13,17-18H,10,12H2,1H3,(H,25,27)(H,26,28). The van der Waals surface area contributed by atoms with Gasteiger partial charge in [0.05, 0.1) is 6.04 Å². The fourth-order valence-electron chi connectivity index (χ4n) is 3.14. The highest BCUT2D eigenvalue weighted by Crippen LogP contribution is 2.46. The normalized spacial score (nSPS) is 19.2. The van der Waals surface area contributed by atoms with Crippen LogP contribution >= 0.6 is 0 Å². The second-order valence-corrected chi connectivity index (χ2v) is 7.12. The van der Waals surface area contributed by atoms with Crippen molar-refractivity contribution in [2.45, 2.75) is 25.6 Å². The van der Waals surface area contributed by atoms with Crippen molar-refractivity contribution in [2.24, 2.45) is 11.8 Å². The Morgan fingerprint density at radius 2 is 1.79 bits per heavy atom. The van der Waals surface area contributed by atoms with E-state index >= 15 is 0 Å². The summed E-state index contributed by atoms with van der Waals surface area (Å²) in [5.74, 6) is -1.06. The lowest BCUT2D eigenvalue weighted by atomic mass is 10.0. The van der Waals surface area contributed by atoms with Gasteiger partial charge in [0, 0.05) is 11.8 Å². The molecular formula is C21H21F3N2O3. The fraction of sp³-hybridized carbons (Fsp3) is 0.333. The highest BCUT2D eigenvalue weighted by Gasteiger charge is 2.41. The molecule has 2 aromatic carbocycles. The van der Waals surface area contributed by atoms with Gasteiger partial charge in [-0.1, -0.05) is 43.3 Å². The van der Waals surface area contributed by atoms with Crippen molar-refractivity contribution in [2.75, 3.05) is 11.9 Å². The molecule has 0 bridgehead atoms. The molecule has 154 valence electrons. The molecule has 1 saturated carbocycles. The largest absolute Gasteiger partial charge is 0.484 e. The van der Waals surface area contributed by atoms with Gasteiger partial charge in [-0.25, -0.2) is 0 Å². The molecule has 0 aromatic heterocycles. The Balaban J connectivity index is 1.62. The monoisotopic (exact) mass is 406 g/mol. The third-order valence-electron chi connectivity index (χ3n) is 4.75. The van der Waals surface area contributed by atoms with E-state index in [0.29, 0.717) is 5.92 Å². The number of anilines is 1. The van der Waals surface area contributed by atoms with Gasteiger partial charge in [0.25, 0.3) is 0 Å². The molecule has 5 nitrogen and oxygen atoms in total. The van der Waals surface area contributed by atoms with E-state index in [9.17, 15) is 22.8 Å². The van der Waals surface area contributed by atoms with Gasteiger partial charge in [-0.3, -0.25) is 9.59 Å². The summed E-state index contributed by atoms with van der Waals surface area (Å²) in [6.07, 6.45) is -3.51. The third kappa shape index (κ3) is 5.97. The highest BCUT2D eigenvalue weighted by atomic mass is 19.4. The van der Waals surface area contributed by atoms with Crippen LogP contribution in [-0.2, 0) is 9.59 Å². The number of carbonyl (C=O) groups is 2. The molecule has 2 amide bonds. The SMILES string of the molecule is CC1CC1C(NC(=O)C(=O)Nc1cccc(OCC(F)(F)F)c1)c1ccccc1. The number of halogens is 3. The Kier molecular flexibility index (Phi) is 6.10. The van der Waals surface area contributed by atoms with Crippen molar-refractivity contribution in [1.82, 2.24) is 5.32 Å². The molecule has 1 aliphatic carbocycles. The molecule has 3 unspecified atom stereocenters. The van der Waals surface area contributed by atoms with Crippen molar-refractivity contribution in [1.29, 1.82) is 0 Å². The van der Waals surface area contributed by atoms with Gasteiger partial charge in [-0.15, -0.1) is 0 Å². The molecule has 2 aromatic rings. The summed E-state index contributed by atoms with van der Waals surface area (Å²) >= 11 is 0. The van der Waals surface area contributed by atoms with E-state index in [1.165, 1.54) is 24.3 Å². The summed E-state index contributed by atoms with van der Waals surface area (Å²) in [7, 11) is 0. The lowest BCUT2D eigenvalue weighted by molar-refractivity contribution is -0.153. The van der Waals surface area contributed by atoms with Crippen molar-refractivity contribution < 1.29 is 27.5 Å². The van der Waals surface area contributed by atoms with Crippen LogP contribution in [0.1, 0.15) is 24.9 Å². The average Bonchev–Trinajstić information content (AvgIpc) is 3.41. The van der Waals surface area contributed by atoms with Crippen molar-refractivity contribution in [3.63, 3.8) is 0 Å². The van der Waals surface area contributed by atoms with Crippen LogP contribution in [0.3, 0.4) is 0 Å². The zero-order valence-electron chi connectivity index (χ0n) is 15.7. The first-order chi connectivity index (χ1) is 13.7. The number of hydrogen-bond donors (Lipinski definition) is 2. The minimum atomic E-state index is -4.47. The maximum atomic E-state index is 12.4. The number of rotatable bonds is 6. The maximum Gasteiger partial charge on any atom is 0.422 e. The molecule has 1 fully saturated rings. The number of carbonyl (C=O) groups excluding carboxylic acids is 2. The Morgan fingerprint density at radius 3 is 2.41 bits per heavy atom. The zero-order valence-corrected chi connectivity index (χ0v) is 15.7. The summed E-state index contributed by atoms with van der Waals surface area (Å²) in [6.45, 7) is 0.641. The van der Waals surface area contributed by atoms with Gasteiger partial charge in [0.15, 0.2) is 6.61 Å². The lowest BCUT2D eigenvalue weighted by Gasteiger charge is -2.19. The van der Waals surface area contributed by atoms with E-state index < -0.39 is 24.6 Å². The van der Waals surface area contributed by atoms with Crippen molar-refractivity contribution >= 4 is 17.5 Å². The van der Waals surface area contributed by atoms with Crippen LogP contribution in [0.4, 0.5) is 18.9 Å². The summed E-state index contributed by atoms with van der Waals surface area (Å²) in [6, 6.07) is 14.6. The first-order valence-corrected chi connectivity index (χ1v) is 9.19. The molecule has 3 atom stereocenters. The van der Waals surface area contributed by atoms with Crippen molar-refractivity contribution in [3.05, 3.63) is 60.2 Å². The number of ether oxygens (including phenoxy) is 1. The number of nitrogens with one attached hydrogen (secondary N) is 2. The topological polar surface area (TPSA) is 67.4 Å². The number of benzene rings is 2. The Hall–Kier alpha value is -3.03. The molecule has 8 heteroatoms. The zero-order chi connectivity index (χ0) is 21.0. The van der Waals surface area contributed by atoms with Crippen LogP contribution in [0.15, 0.2) is 54.6 Å². The number of amides is 2. The maximum absolute atomic E-state index is 12.4. The molecule has 0 radical (unpaired) electrons. The minimum absolute atomic E-state index is 0.0606. The van der Waals surface area contributed by atoms with E-state index in [1.807, 2.05) is 30.3 Å². The van der Waals surface area contributed by atoms with Crippen molar-refractivity contribution in [3.8, 4) is 5.75 Å². The number of alkyl halides is 3. The molecule has 0 aliphatic heterocycles. The van der Waals surface area contributed by atoms with E-state index in [-0.39, 0.29) is 23.4 Å². The smallest absolute Gasteiger partial charge is 0.422 e. The molecular weight excluding hydrogens is 385 g/mol. The molecule has 0 saturated heterocycles. The lowest BCUT2D eigenvalue weighted by Crippen LogP contribution is -2.38. The summed E-state index contributed by atoms with van der Waals surface area (Å²) in [5.41, 5.74) is 1.09. The first kappa shape index (κ1) is 20.7. The van der Waals surface area contributed by atoms with Crippen LogP contribution in [0.5, 0.6) is 5.75 Å². The summed E-state index contributed by atoms with van der Waals surface area (Å²) in [4.78, 5) is 24.7. The molecule has 0 heterocycles. The van der Waals surface area contributed by atoms with E-state index in [1.54, 1.807) is 0 Å². The molecule has 1 aliphatic rings. The van der Waals surface area contributed by atoms with Crippen LogP contribution in [0.2, 0.25) is 0 Å². The number of hydrogen-bond acceptors (Lipinski definition) is 3. The van der Waals surface area contributed by atoms with Crippen LogP contribution in [0, 0.1) is 11.8 Å². The summed E-state index contributed by atoms with van der Waals surface area (Å²) in [5, 5.41) is 5.17. The molecule has 0 spiro atoms. The van der Waals surface area contributed by atoms with Crippen LogP contribution in [-0.4, -0.2) is 24.6 Å². The first-order valence-electron chi connectivity index (χ1n) is 9.19. The quantitative estimate of drug-likeness (QED) is 0.711. The second kappa shape index (κ2) is 8.55. The van der Waals surface area contributed by atoms with Gasteiger partial charge in [-0.05, 0) is 36.0 Å². The van der Waals surface area contributed by atoms with E-state index in [2.05, 4.69) is 22.3 Å². The van der Waals surface area contributed by atoms with E-state index in [0.717, 1.165) is 12.0 Å². The summed E-state index contributed by atoms with van der Waals surface area (Å²) < 4.78 is 41.5. The molecule has 29 heavy (non-hydrogen) atoms. The van der Waals surface area contributed by atoms with Gasteiger partial charge < -0.3 is 15.4 Å². The minimum Gasteiger partial charge on any atom is -0.484 e. The Morgan fingerprint density at radius 1 is 1.10 bits per heavy atom. The highest BCUT2D eigenvalue weighted by molar-refractivity contribution is 6.39. The predicted octanol–water partition coefficient (Wildman–Crippen LogP) is 4.08. The molecule has 2 N–H and O–H groups in total. The average molecular weight is 406 g/mol. The fourth-order valence-corrected chi connectivity index (χ4v) is 3.14. The van der Waals surface area contributed by atoms with Gasteiger partial charge in [-0.2, -0.15) is 13.2 Å². The van der Waals surface area contributed by atoms with Crippen LogP contribution in [0.25, 0.3) is 0 Å². The van der Waals surface area contributed by atoms with E-state index in [4.69, 9.17) is 0 Å². The molecule has 3 rings (SSSR count). The third-order valence-corrected chi connectivity index (χ3v) is 4.75.